The zero-order chi connectivity index (χ0) is 11.4. The van der Waals surface area contributed by atoms with Gasteiger partial charge in [0.15, 0.2) is 0 Å². The normalized spacial score (nSPS) is 18.5. The number of fused-ring (bicyclic) bond motifs is 1. The summed E-state index contributed by atoms with van der Waals surface area (Å²) in [7, 11) is 1.97. The van der Waals surface area contributed by atoms with Crippen LogP contribution in [0.5, 0.6) is 5.75 Å². The molecule has 0 bridgehead atoms. The summed E-state index contributed by atoms with van der Waals surface area (Å²) in [6.07, 6.45) is 2.27. The first-order valence-corrected chi connectivity index (χ1v) is 6.01. The molecule has 0 saturated heterocycles. The van der Waals surface area contributed by atoms with Gasteiger partial charge >= 0.3 is 0 Å². The molecule has 1 aromatic carbocycles. The lowest BCUT2D eigenvalue weighted by atomic mass is 10.1. The van der Waals surface area contributed by atoms with E-state index in [-0.39, 0.29) is 0 Å². The Balaban J connectivity index is 1.93. The fourth-order valence-electron chi connectivity index (χ4n) is 1.87. The zero-order valence-corrected chi connectivity index (χ0v) is 10.2. The van der Waals surface area contributed by atoms with E-state index in [9.17, 15) is 0 Å². The van der Waals surface area contributed by atoms with Gasteiger partial charge in [0.1, 0.15) is 12.4 Å². The van der Waals surface area contributed by atoms with Crippen LogP contribution in [-0.2, 0) is 0 Å². The molecule has 0 aliphatic carbocycles. The standard InChI is InChI=1S/C12H17ClN2O/c1-14-6-2-3-10-8-16-12-7-9(13)4-5-11(12)15-10/h4-5,7,10,14-15H,2-3,6,8H2,1H3. The molecule has 1 heterocycles. The van der Waals surface area contributed by atoms with Crippen molar-refractivity contribution in [2.24, 2.45) is 0 Å². The van der Waals surface area contributed by atoms with E-state index in [4.69, 9.17) is 16.3 Å². The second kappa shape index (κ2) is 5.41. The third-order valence-electron chi connectivity index (χ3n) is 2.72. The SMILES string of the molecule is CNCCCC1COc2cc(Cl)ccc2N1. The third-order valence-corrected chi connectivity index (χ3v) is 2.96. The van der Waals surface area contributed by atoms with Crippen molar-refractivity contribution in [3.63, 3.8) is 0 Å². The minimum atomic E-state index is 0.405. The first-order chi connectivity index (χ1) is 7.79. The highest BCUT2D eigenvalue weighted by atomic mass is 35.5. The summed E-state index contributed by atoms with van der Waals surface area (Å²) in [6, 6.07) is 6.12. The van der Waals surface area contributed by atoms with Crippen LogP contribution in [0.25, 0.3) is 0 Å². The maximum absolute atomic E-state index is 5.90. The smallest absolute Gasteiger partial charge is 0.143 e. The van der Waals surface area contributed by atoms with E-state index in [0.717, 1.165) is 37.4 Å². The van der Waals surface area contributed by atoms with E-state index in [1.807, 2.05) is 25.2 Å². The van der Waals surface area contributed by atoms with E-state index in [1.54, 1.807) is 0 Å². The maximum atomic E-state index is 5.90. The van der Waals surface area contributed by atoms with Gasteiger partial charge in [-0.15, -0.1) is 0 Å². The van der Waals surface area contributed by atoms with E-state index >= 15 is 0 Å². The Hall–Kier alpha value is -0.930. The van der Waals surface area contributed by atoms with Crippen molar-refractivity contribution in [1.29, 1.82) is 0 Å². The molecule has 1 atom stereocenters. The molecule has 2 rings (SSSR count). The second-order valence-electron chi connectivity index (χ2n) is 4.04. The van der Waals surface area contributed by atoms with Crippen molar-refractivity contribution < 1.29 is 4.74 Å². The Morgan fingerprint density at radius 2 is 2.44 bits per heavy atom. The third kappa shape index (κ3) is 2.80. The molecule has 0 saturated carbocycles. The van der Waals surface area contributed by atoms with Gasteiger partial charge in [0.05, 0.1) is 11.7 Å². The monoisotopic (exact) mass is 240 g/mol. The lowest BCUT2D eigenvalue weighted by molar-refractivity contribution is 0.276. The van der Waals surface area contributed by atoms with Crippen LogP contribution in [0.15, 0.2) is 18.2 Å². The van der Waals surface area contributed by atoms with Gasteiger partial charge in [-0.2, -0.15) is 0 Å². The van der Waals surface area contributed by atoms with Gasteiger partial charge in [-0.3, -0.25) is 0 Å². The second-order valence-corrected chi connectivity index (χ2v) is 4.47. The Kier molecular flexibility index (Phi) is 3.91. The summed E-state index contributed by atoms with van der Waals surface area (Å²) in [5, 5.41) is 7.34. The maximum Gasteiger partial charge on any atom is 0.143 e. The molecule has 1 aliphatic rings. The van der Waals surface area contributed by atoms with E-state index in [2.05, 4.69) is 10.6 Å². The van der Waals surface area contributed by atoms with E-state index < -0.39 is 0 Å². The van der Waals surface area contributed by atoms with Crippen molar-refractivity contribution in [1.82, 2.24) is 5.32 Å². The van der Waals surface area contributed by atoms with Crippen LogP contribution in [0.1, 0.15) is 12.8 Å². The molecule has 88 valence electrons. The Morgan fingerprint density at radius 3 is 3.25 bits per heavy atom. The van der Waals surface area contributed by atoms with Gasteiger partial charge in [0, 0.05) is 11.1 Å². The van der Waals surface area contributed by atoms with Gasteiger partial charge < -0.3 is 15.4 Å². The summed E-state index contributed by atoms with van der Waals surface area (Å²) in [6.45, 7) is 1.77. The summed E-state index contributed by atoms with van der Waals surface area (Å²) in [4.78, 5) is 0. The van der Waals surface area contributed by atoms with Crippen molar-refractivity contribution in [2.45, 2.75) is 18.9 Å². The molecule has 1 aliphatic heterocycles. The molecule has 0 radical (unpaired) electrons. The number of rotatable bonds is 4. The Labute approximate surface area is 101 Å². The molecular formula is C12H17ClN2O. The average Bonchev–Trinajstić information content (AvgIpc) is 2.29. The van der Waals surface area contributed by atoms with Crippen LogP contribution in [-0.4, -0.2) is 26.2 Å². The molecule has 16 heavy (non-hydrogen) atoms. The fraction of sp³-hybridized carbons (Fsp3) is 0.500. The molecule has 1 unspecified atom stereocenters. The molecule has 0 amide bonds. The molecule has 1 aromatic rings. The van der Waals surface area contributed by atoms with Crippen LogP contribution in [0.3, 0.4) is 0 Å². The van der Waals surface area contributed by atoms with Crippen molar-refractivity contribution in [3.8, 4) is 5.75 Å². The van der Waals surface area contributed by atoms with Gasteiger partial charge in [-0.25, -0.2) is 0 Å². The fourth-order valence-corrected chi connectivity index (χ4v) is 2.03. The van der Waals surface area contributed by atoms with Crippen LogP contribution in [0.2, 0.25) is 5.02 Å². The highest BCUT2D eigenvalue weighted by Gasteiger charge is 2.18. The molecule has 4 heteroatoms. The first kappa shape index (κ1) is 11.6. The van der Waals surface area contributed by atoms with Crippen LogP contribution in [0.4, 0.5) is 5.69 Å². The zero-order valence-electron chi connectivity index (χ0n) is 9.42. The molecule has 0 spiro atoms. The number of hydrogen-bond acceptors (Lipinski definition) is 3. The quantitative estimate of drug-likeness (QED) is 0.794. The van der Waals surface area contributed by atoms with Crippen molar-refractivity contribution in [2.75, 3.05) is 25.5 Å². The van der Waals surface area contributed by atoms with E-state index in [0.29, 0.717) is 11.1 Å². The Bertz CT molecular complexity index is 357. The number of ether oxygens (including phenoxy) is 1. The summed E-state index contributed by atoms with van der Waals surface area (Å²) in [5.41, 5.74) is 1.05. The summed E-state index contributed by atoms with van der Waals surface area (Å²) in [5.74, 6) is 0.859. The largest absolute Gasteiger partial charge is 0.489 e. The minimum Gasteiger partial charge on any atom is -0.489 e. The predicted molar refractivity (Wildman–Crippen MR) is 67.5 cm³/mol. The molecule has 2 N–H and O–H groups in total. The highest BCUT2D eigenvalue weighted by molar-refractivity contribution is 6.30. The number of hydrogen-bond donors (Lipinski definition) is 2. The van der Waals surface area contributed by atoms with Gasteiger partial charge in [0.25, 0.3) is 0 Å². The first-order valence-electron chi connectivity index (χ1n) is 5.63. The van der Waals surface area contributed by atoms with E-state index in [1.165, 1.54) is 0 Å². The topological polar surface area (TPSA) is 33.3 Å². The van der Waals surface area contributed by atoms with Gasteiger partial charge in [0.2, 0.25) is 0 Å². The number of halogens is 1. The van der Waals surface area contributed by atoms with Gasteiger partial charge in [-0.1, -0.05) is 11.6 Å². The molecule has 0 fully saturated rings. The Morgan fingerprint density at radius 1 is 1.56 bits per heavy atom. The van der Waals surface area contributed by atoms with Gasteiger partial charge in [-0.05, 0) is 38.6 Å². The summed E-state index contributed by atoms with van der Waals surface area (Å²) < 4.78 is 5.68. The van der Waals surface area contributed by atoms with Crippen molar-refractivity contribution >= 4 is 17.3 Å². The number of nitrogens with one attached hydrogen (secondary N) is 2. The molecule has 3 nitrogen and oxygen atoms in total. The lowest BCUT2D eigenvalue weighted by Gasteiger charge is -2.27. The molecule has 0 aromatic heterocycles. The van der Waals surface area contributed by atoms with Crippen LogP contribution in [0, 0.1) is 0 Å². The number of benzene rings is 1. The van der Waals surface area contributed by atoms with Crippen LogP contribution >= 0.6 is 11.6 Å². The lowest BCUT2D eigenvalue weighted by Crippen LogP contribution is -2.32. The van der Waals surface area contributed by atoms with Crippen LogP contribution < -0.4 is 15.4 Å². The summed E-state index contributed by atoms with van der Waals surface area (Å²) >= 11 is 5.90. The highest BCUT2D eigenvalue weighted by Crippen LogP contribution is 2.32. The van der Waals surface area contributed by atoms with Crippen molar-refractivity contribution in [3.05, 3.63) is 23.2 Å². The molecular weight excluding hydrogens is 224 g/mol. The average molecular weight is 241 g/mol. The predicted octanol–water partition coefficient (Wildman–Crippen LogP) is 2.51. The number of anilines is 1. The minimum absolute atomic E-state index is 0.405.